The molecular weight excluding hydrogens is 633 g/mol. The predicted octanol–water partition coefficient (Wildman–Crippen LogP) is 3.40. The smallest absolute Gasteiger partial charge is 0.404 e. The number of benzene rings is 1. The number of rotatable bonds is 12. The number of nitrogens with one attached hydrogen (secondary N) is 3. The molecule has 5 fully saturated rings. The molecule has 1 aromatic carbocycles. The van der Waals surface area contributed by atoms with Crippen molar-refractivity contribution >= 4 is 48.2 Å². The van der Waals surface area contributed by atoms with Crippen LogP contribution in [0.3, 0.4) is 0 Å². The molecule has 1 aromatic heterocycles. The van der Waals surface area contributed by atoms with E-state index in [1.807, 2.05) is 30.3 Å². The van der Waals surface area contributed by atoms with Crippen LogP contribution in [0.5, 0.6) is 0 Å². The topological polar surface area (TPSA) is 161 Å². The molecule has 2 unspecified atom stereocenters. The molecule has 0 spiro atoms. The van der Waals surface area contributed by atoms with Crippen LogP contribution in [-0.2, 0) is 30.1 Å². The quantitative estimate of drug-likeness (QED) is 0.150. The summed E-state index contributed by atoms with van der Waals surface area (Å²) in [4.78, 5) is 49.8. The maximum absolute atomic E-state index is 14.1. The lowest BCUT2D eigenvalue weighted by Crippen LogP contribution is -2.65. The van der Waals surface area contributed by atoms with Crippen molar-refractivity contribution in [1.29, 1.82) is 0 Å². The molecule has 3 heterocycles. The Hall–Kier alpha value is -3.42. The molecule has 2 bridgehead atoms. The highest BCUT2D eigenvalue weighted by Gasteiger charge is 2.68. The van der Waals surface area contributed by atoms with Gasteiger partial charge in [-0.15, -0.1) is 0 Å². The van der Waals surface area contributed by atoms with Crippen molar-refractivity contribution in [2.75, 3.05) is 24.1 Å². The Balaban J connectivity index is 1.16. The summed E-state index contributed by atoms with van der Waals surface area (Å²) in [6.07, 6.45) is 4.80. The fraction of sp³-hybridized carbons (Fsp3) is 0.618. The average molecular weight is 680 g/mol. The standard InChI is InChI=1S/C34H47BClN7O5/c1-20(44)39-23(16-21-10-6-5-7-11-21)31(46)43-15-9-12-24(43)30(45)40-27(13-8-14-38-29-19-28(36)41-32(37)42-29)35-47-26-18-22-17-25(33(22,2)3)34(26,4)48-35/h5-7,10-11,19,22-27H,8-9,12-18H2,1-4H3,(H,39,44)(H,40,45)(H3,37,38,41,42)/t22?,23-,24+,25?,26-,27+,34+/m1/s1. The normalized spacial score (nSPS) is 28.2. The van der Waals surface area contributed by atoms with Gasteiger partial charge < -0.3 is 35.9 Å². The molecule has 2 aromatic rings. The molecule has 3 aliphatic carbocycles. The summed E-state index contributed by atoms with van der Waals surface area (Å²) in [6.45, 7) is 9.18. The Morgan fingerprint density at radius 1 is 1.15 bits per heavy atom. The SMILES string of the molecule is CC(=O)N[C@H](Cc1ccccc1)C(=O)N1CCC[C@H]1C(=O)N[C@@H](CCCNc1cc(Cl)nc(N)n1)B1O[C@@H]2CC3CC(C3(C)C)[C@]2(C)O1. The van der Waals surface area contributed by atoms with E-state index in [0.29, 0.717) is 62.8 Å². The van der Waals surface area contributed by atoms with E-state index >= 15 is 0 Å². The summed E-state index contributed by atoms with van der Waals surface area (Å²) >= 11 is 6.05. The number of nitrogen functional groups attached to an aromatic ring is 1. The highest BCUT2D eigenvalue weighted by atomic mass is 35.5. The lowest BCUT2D eigenvalue weighted by atomic mass is 9.43. The number of nitrogens with zero attached hydrogens (tertiary/aromatic N) is 3. The summed E-state index contributed by atoms with van der Waals surface area (Å²) in [5, 5.41) is 9.55. The van der Waals surface area contributed by atoms with Crippen LogP contribution >= 0.6 is 11.6 Å². The lowest BCUT2D eigenvalue weighted by molar-refractivity contribution is -0.199. The van der Waals surface area contributed by atoms with E-state index in [2.05, 4.69) is 46.7 Å². The number of nitrogens with two attached hydrogens (primary N) is 1. The minimum absolute atomic E-state index is 0.0381. The fourth-order valence-electron chi connectivity index (χ4n) is 8.49. The number of amides is 3. The van der Waals surface area contributed by atoms with Gasteiger partial charge in [0.25, 0.3) is 0 Å². The van der Waals surface area contributed by atoms with Gasteiger partial charge in [-0.3, -0.25) is 14.4 Å². The lowest BCUT2D eigenvalue weighted by Gasteiger charge is -2.64. The van der Waals surface area contributed by atoms with Gasteiger partial charge in [0.2, 0.25) is 23.7 Å². The van der Waals surface area contributed by atoms with E-state index in [0.717, 1.165) is 18.4 Å². The summed E-state index contributed by atoms with van der Waals surface area (Å²) in [6, 6.07) is 9.73. The van der Waals surface area contributed by atoms with Crippen molar-refractivity contribution in [3.05, 3.63) is 47.1 Å². The van der Waals surface area contributed by atoms with Crippen LogP contribution in [0.25, 0.3) is 0 Å². The molecule has 258 valence electrons. The van der Waals surface area contributed by atoms with E-state index in [1.165, 1.54) is 6.92 Å². The Kier molecular flexibility index (Phi) is 9.93. The third kappa shape index (κ3) is 7.00. The molecule has 0 radical (unpaired) electrons. The van der Waals surface area contributed by atoms with Crippen molar-refractivity contribution in [3.63, 3.8) is 0 Å². The van der Waals surface area contributed by atoms with Crippen molar-refractivity contribution < 1.29 is 23.7 Å². The predicted molar refractivity (Wildman–Crippen MR) is 184 cm³/mol. The molecule has 2 saturated heterocycles. The van der Waals surface area contributed by atoms with E-state index in [1.54, 1.807) is 11.0 Å². The van der Waals surface area contributed by atoms with Gasteiger partial charge in [-0.2, -0.15) is 4.98 Å². The van der Waals surface area contributed by atoms with Crippen LogP contribution in [-0.4, -0.2) is 82.5 Å². The first kappa shape index (κ1) is 34.4. The highest BCUT2D eigenvalue weighted by molar-refractivity contribution is 6.48. The van der Waals surface area contributed by atoms with Gasteiger partial charge in [0.05, 0.1) is 17.6 Å². The van der Waals surface area contributed by atoms with E-state index in [9.17, 15) is 14.4 Å². The summed E-state index contributed by atoms with van der Waals surface area (Å²) in [5.74, 6) is 0.328. The molecule has 2 aliphatic heterocycles. The number of carbonyl (C=O) groups excluding carboxylic acids is 3. The van der Waals surface area contributed by atoms with E-state index in [4.69, 9.17) is 26.6 Å². The van der Waals surface area contributed by atoms with Gasteiger partial charge >= 0.3 is 7.12 Å². The number of hydrogen-bond donors (Lipinski definition) is 4. The van der Waals surface area contributed by atoms with Crippen LogP contribution in [0.2, 0.25) is 5.15 Å². The van der Waals surface area contributed by atoms with Gasteiger partial charge in [0.1, 0.15) is 23.1 Å². The van der Waals surface area contributed by atoms with Gasteiger partial charge in [0.15, 0.2) is 0 Å². The molecule has 14 heteroatoms. The first-order valence-electron chi connectivity index (χ1n) is 17.1. The molecular formula is C34H47BClN7O5. The Morgan fingerprint density at radius 2 is 1.92 bits per heavy atom. The molecule has 5 aliphatic rings. The van der Waals surface area contributed by atoms with Crippen molar-refractivity contribution in [2.45, 2.75) is 102 Å². The van der Waals surface area contributed by atoms with Gasteiger partial charge in [-0.25, -0.2) is 4.98 Å². The molecule has 5 N–H and O–H groups in total. The maximum Gasteiger partial charge on any atom is 0.481 e. The summed E-state index contributed by atoms with van der Waals surface area (Å²) in [5.41, 5.74) is 6.43. The minimum atomic E-state index is -0.774. The molecule has 3 amide bonds. The Bertz CT molecular complexity index is 1500. The van der Waals surface area contributed by atoms with Gasteiger partial charge in [-0.05, 0) is 68.3 Å². The third-order valence-corrected chi connectivity index (χ3v) is 11.3. The van der Waals surface area contributed by atoms with Gasteiger partial charge in [-0.1, -0.05) is 55.8 Å². The molecule has 12 nitrogen and oxygen atoms in total. The molecule has 7 rings (SSSR count). The Labute approximate surface area is 287 Å². The summed E-state index contributed by atoms with van der Waals surface area (Å²) in [7, 11) is -0.626. The molecule has 48 heavy (non-hydrogen) atoms. The average Bonchev–Trinajstić information content (AvgIpc) is 3.66. The van der Waals surface area contributed by atoms with Crippen molar-refractivity contribution in [3.8, 4) is 0 Å². The number of halogens is 1. The van der Waals surface area contributed by atoms with E-state index in [-0.39, 0.29) is 40.3 Å². The number of hydrogen-bond acceptors (Lipinski definition) is 9. The zero-order chi connectivity index (χ0) is 34.2. The number of carbonyl (C=O) groups is 3. The fourth-order valence-corrected chi connectivity index (χ4v) is 8.68. The minimum Gasteiger partial charge on any atom is -0.404 e. The van der Waals surface area contributed by atoms with Crippen molar-refractivity contribution in [2.24, 2.45) is 17.3 Å². The third-order valence-electron chi connectivity index (χ3n) is 11.1. The first-order valence-corrected chi connectivity index (χ1v) is 17.5. The second-order valence-corrected chi connectivity index (χ2v) is 15.0. The molecule has 3 saturated carbocycles. The van der Waals surface area contributed by atoms with E-state index < -0.39 is 30.7 Å². The largest absolute Gasteiger partial charge is 0.481 e. The first-order chi connectivity index (χ1) is 22.8. The van der Waals surface area contributed by atoms with Crippen LogP contribution in [0, 0.1) is 17.3 Å². The number of anilines is 2. The maximum atomic E-state index is 14.1. The highest BCUT2D eigenvalue weighted by Crippen LogP contribution is 2.65. The van der Waals surface area contributed by atoms with Crippen LogP contribution in [0.15, 0.2) is 36.4 Å². The van der Waals surface area contributed by atoms with Crippen molar-refractivity contribution in [1.82, 2.24) is 25.5 Å². The van der Waals surface area contributed by atoms with Gasteiger partial charge in [0, 0.05) is 32.5 Å². The summed E-state index contributed by atoms with van der Waals surface area (Å²) < 4.78 is 13.4. The molecule has 7 atom stereocenters. The monoisotopic (exact) mass is 679 g/mol. The second kappa shape index (κ2) is 13.8. The zero-order valence-corrected chi connectivity index (χ0v) is 29.0. The number of likely N-dealkylation sites (tertiary alicyclic amines) is 1. The zero-order valence-electron chi connectivity index (χ0n) is 28.2. The van der Waals surface area contributed by atoms with Crippen LogP contribution < -0.4 is 21.7 Å². The Morgan fingerprint density at radius 3 is 2.62 bits per heavy atom. The van der Waals surface area contributed by atoms with Crippen LogP contribution in [0.1, 0.15) is 71.8 Å². The second-order valence-electron chi connectivity index (χ2n) is 14.6. The number of aromatic nitrogens is 2. The van der Waals surface area contributed by atoms with Crippen LogP contribution in [0.4, 0.5) is 11.8 Å².